The molecule has 0 bridgehead atoms. The zero-order valence-corrected chi connectivity index (χ0v) is 11.8. The van der Waals surface area contributed by atoms with Crippen LogP contribution < -0.4 is 0 Å². The fourth-order valence-electron chi connectivity index (χ4n) is 3.02. The number of ether oxygens (including phenoxy) is 1. The summed E-state index contributed by atoms with van der Waals surface area (Å²) in [5.74, 6) is 1.53. The summed E-state index contributed by atoms with van der Waals surface area (Å²) in [7, 11) is 0. The minimum atomic E-state index is 0.233. The average molecular weight is 258 g/mol. The van der Waals surface area contributed by atoms with Crippen LogP contribution in [-0.4, -0.2) is 34.9 Å². The van der Waals surface area contributed by atoms with Crippen molar-refractivity contribution in [2.75, 3.05) is 19.0 Å². The van der Waals surface area contributed by atoms with Crippen molar-refractivity contribution in [2.24, 2.45) is 5.92 Å². The van der Waals surface area contributed by atoms with E-state index in [1.54, 1.807) is 0 Å². The Balaban J connectivity index is 1.79. The number of aliphatic hydroxyl groups is 1. The second-order valence-corrected chi connectivity index (χ2v) is 7.16. The highest BCUT2D eigenvalue weighted by Gasteiger charge is 2.38. The molecule has 2 rings (SSSR count). The Kier molecular flexibility index (Phi) is 5.19. The molecule has 0 radical (unpaired) electrons. The largest absolute Gasteiger partial charge is 0.396 e. The summed E-state index contributed by atoms with van der Waals surface area (Å²) < 4.78 is 6.11. The van der Waals surface area contributed by atoms with Crippen LogP contribution in [0.5, 0.6) is 0 Å². The predicted octanol–water partition coefficient (Wildman–Crippen LogP) is 3.23. The minimum Gasteiger partial charge on any atom is -0.396 e. The molecular weight excluding hydrogens is 232 g/mol. The molecule has 17 heavy (non-hydrogen) atoms. The van der Waals surface area contributed by atoms with Gasteiger partial charge in [0.25, 0.3) is 0 Å². The third-order valence-corrected chi connectivity index (χ3v) is 5.78. The first-order valence-electron chi connectivity index (χ1n) is 7.10. The Labute approximate surface area is 110 Å². The van der Waals surface area contributed by atoms with Gasteiger partial charge in [-0.15, -0.1) is 0 Å². The number of thioether (sulfide) groups is 1. The van der Waals surface area contributed by atoms with Gasteiger partial charge in [-0.3, -0.25) is 0 Å². The van der Waals surface area contributed by atoms with Crippen molar-refractivity contribution in [3.63, 3.8) is 0 Å². The van der Waals surface area contributed by atoms with Crippen molar-refractivity contribution in [3.05, 3.63) is 0 Å². The maximum Gasteiger partial charge on any atom is 0.0693 e. The molecule has 1 N–H and O–H groups in total. The van der Waals surface area contributed by atoms with Gasteiger partial charge in [-0.1, -0.05) is 26.2 Å². The zero-order chi connectivity index (χ0) is 12.1. The van der Waals surface area contributed by atoms with Crippen LogP contribution in [0, 0.1) is 5.92 Å². The van der Waals surface area contributed by atoms with Gasteiger partial charge in [0.15, 0.2) is 0 Å². The normalized spacial score (nSPS) is 30.4. The molecule has 2 nitrogen and oxygen atoms in total. The smallest absolute Gasteiger partial charge is 0.0693 e. The van der Waals surface area contributed by atoms with Crippen LogP contribution in [0.25, 0.3) is 0 Å². The van der Waals surface area contributed by atoms with Gasteiger partial charge in [0.05, 0.1) is 5.60 Å². The molecule has 0 aromatic carbocycles. The molecule has 2 fully saturated rings. The average Bonchev–Trinajstić information content (AvgIpc) is 2.37. The van der Waals surface area contributed by atoms with Crippen LogP contribution in [0.1, 0.15) is 51.9 Å². The predicted molar refractivity (Wildman–Crippen MR) is 73.5 cm³/mol. The highest BCUT2D eigenvalue weighted by atomic mass is 32.2. The van der Waals surface area contributed by atoms with Crippen molar-refractivity contribution in [1.29, 1.82) is 0 Å². The van der Waals surface area contributed by atoms with Gasteiger partial charge in [-0.25, -0.2) is 0 Å². The molecular formula is C14H26O2S. The van der Waals surface area contributed by atoms with Crippen molar-refractivity contribution in [1.82, 2.24) is 0 Å². The molecule has 1 aliphatic heterocycles. The Bertz CT molecular complexity index is 221. The molecule has 1 saturated carbocycles. The van der Waals surface area contributed by atoms with Crippen LogP contribution in [0.4, 0.5) is 0 Å². The van der Waals surface area contributed by atoms with E-state index in [-0.39, 0.29) is 5.60 Å². The van der Waals surface area contributed by atoms with Crippen molar-refractivity contribution >= 4 is 11.8 Å². The molecule has 0 aromatic rings. The van der Waals surface area contributed by atoms with Crippen molar-refractivity contribution < 1.29 is 9.84 Å². The van der Waals surface area contributed by atoms with E-state index in [1.807, 2.05) is 0 Å². The first kappa shape index (κ1) is 13.7. The molecule has 1 heterocycles. The highest BCUT2D eigenvalue weighted by Crippen LogP contribution is 2.41. The van der Waals surface area contributed by atoms with E-state index in [1.165, 1.54) is 44.9 Å². The number of hydrogen-bond donors (Lipinski definition) is 1. The summed E-state index contributed by atoms with van der Waals surface area (Å²) in [6.07, 6.45) is 9.10. The van der Waals surface area contributed by atoms with E-state index in [4.69, 9.17) is 9.84 Å². The van der Waals surface area contributed by atoms with E-state index in [0.717, 1.165) is 17.6 Å². The van der Waals surface area contributed by atoms with Crippen LogP contribution in [0.2, 0.25) is 0 Å². The zero-order valence-electron chi connectivity index (χ0n) is 11.0. The van der Waals surface area contributed by atoms with Crippen LogP contribution in [0.3, 0.4) is 0 Å². The molecule has 0 aromatic heterocycles. The van der Waals surface area contributed by atoms with Gasteiger partial charge in [0, 0.05) is 18.5 Å². The lowest BCUT2D eigenvalue weighted by Crippen LogP contribution is -2.42. The Morgan fingerprint density at radius 1 is 1.35 bits per heavy atom. The van der Waals surface area contributed by atoms with E-state index >= 15 is 0 Å². The summed E-state index contributed by atoms with van der Waals surface area (Å²) in [6, 6.07) is 0. The summed E-state index contributed by atoms with van der Waals surface area (Å²) in [5, 5.41) is 9.83. The lowest BCUT2D eigenvalue weighted by molar-refractivity contribution is -0.0971. The van der Waals surface area contributed by atoms with Gasteiger partial charge >= 0.3 is 0 Å². The van der Waals surface area contributed by atoms with Gasteiger partial charge < -0.3 is 9.84 Å². The van der Waals surface area contributed by atoms with Crippen LogP contribution in [0.15, 0.2) is 0 Å². The monoisotopic (exact) mass is 258 g/mol. The topological polar surface area (TPSA) is 29.5 Å². The van der Waals surface area contributed by atoms with Crippen molar-refractivity contribution in [3.8, 4) is 0 Å². The van der Waals surface area contributed by atoms with Crippen LogP contribution in [-0.2, 0) is 4.74 Å². The molecule has 1 saturated heterocycles. The second-order valence-electron chi connectivity index (χ2n) is 5.83. The first-order valence-corrected chi connectivity index (χ1v) is 8.15. The maximum absolute atomic E-state index is 9.07. The number of hydrogen-bond acceptors (Lipinski definition) is 3. The molecule has 1 spiro atoms. The molecule has 1 aliphatic carbocycles. The summed E-state index contributed by atoms with van der Waals surface area (Å²) in [5.41, 5.74) is 0.233. The third-order valence-electron chi connectivity index (χ3n) is 4.14. The number of aliphatic hydroxyl groups excluding tert-OH is 1. The number of rotatable bonds is 4. The van der Waals surface area contributed by atoms with E-state index < -0.39 is 0 Å². The molecule has 2 unspecified atom stereocenters. The SMILES string of the molecule is CC(CO)CSC1CCOC2(CCCCC2)C1. The molecule has 2 atom stereocenters. The third kappa shape index (κ3) is 3.87. The quantitative estimate of drug-likeness (QED) is 0.839. The summed E-state index contributed by atoms with van der Waals surface area (Å²) >= 11 is 2.06. The molecule has 0 amide bonds. The standard InChI is InChI=1S/C14H26O2S/c1-12(10-15)11-17-13-5-8-16-14(9-13)6-3-2-4-7-14/h12-13,15H,2-11H2,1H3. The summed E-state index contributed by atoms with van der Waals surface area (Å²) in [6.45, 7) is 3.40. The van der Waals surface area contributed by atoms with Crippen molar-refractivity contribution in [2.45, 2.75) is 62.7 Å². The Hall–Kier alpha value is 0.270. The van der Waals surface area contributed by atoms with Crippen LogP contribution >= 0.6 is 11.8 Å². The minimum absolute atomic E-state index is 0.233. The fraction of sp³-hybridized carbons (Fsp3) is 1.00. The Morgan fingerprint density at radius 2 is 2.12 bits per heavy atom. The van der Waals surface area contributed by atoms with Gasteiger partial charge in [-0.05, 0) is 37.4 Å². The van der Waals surface area contributed by atoms with Gasteiger partial charge in [0.1, 0.15) is 0 Å². The lowest BCUT2D eigenvalue weighted by atomic mass is 9.80. The van der Waals surface area contributed by atoms with E-state index in [9.17, 15) is 0 Å². The highest BCUT2D eigenvalue weighted by molar-refractivity contribution is 7.99. The maximum atomic E-state index is 9.07. The van der Waals surface area contributed by atoms with E-state index in [2.05, 4.69) is 18.7 Å². The molecule has 100 valence electrons. The fourth-order valence-corrected chi connectivity index (χ4v) is 4.41. The first-order chi connectivity index (χ1) is 8.24. The lowest BCUT2D eigenvalue weighted by Gasteiger charge is -2.43. The second kappa shape index (κ2) is 6.44. The molecule has 3 heteroatoms. The summed E-state index contributed by atoms with van der Waals surface area (Å²) in [4.78, 5) is 0. The van der Waals surface area contributed by atoms with Gasteiger partial charge in [0.2, 0.25) is 0 Å². The van der Waals surface area contributed by atoms with Gasteiger partial charge in [-0.2, -0.15) is 11.8 Å². The molecule has 2 aliphatic rings. The Morgan fingerprint density at radius 3 is 2.82 bits per heavy atom. The van der Waals surface area contributed by atoms with E-state index in [0.29, 0.717) is 12.5 Å².